The van der Waals surface area contributed by atoms with Crippen molar-refractivity contribution in [1.29, 1.82) is 0 Å². The van der Waals surface area contributed by atoms with Crippen LogP contribution in [0.1, 0.15) is 0 Å². The number of rotatable bonds is 2. The van der Waals surface area contributed by atoms with Crippen LogP contribution in [0, 0.1) is 0 Å². The molecule has 0 saturated heterocycles. The first-order chi connectivity index (χ1) is 10.3. The van der Waals surface area contributed by atoms with Gasteiger partial charge in [0.2, 0.25) is 0 Å². The van der Waals surface area contributed by atoms with Crippen LogP contribution in [-0.2, 0) is 0 Å². The standard InChI is InChI=1S/C15H9N3O3/c19-15-16-14(18-21-15)10-6-7-12-11(8-10)13(20-17-12)9-4-2-1-3-5-9/h1-8H,(H,16,18,19). The smallest absolute Gasteiger partial charge is 0.355 e. The van der Waals surface area contributed by atoms with Gasteiger partial charge in [-0.25, -0.2) is 4.79 Å². The fourth-order valence-corrected chi connectivity index (χ4v) is 2.24. The third-order valence-corrected chi connectivity index (χ3v) is 3.23. The summed E-state index contributed by atoms with van der Waals surface area (Å²) in [5, 5.41) is 8.58. The lowest BCUT2D eigenvalue weighted by Crippen LogP contribution is -1.94. The third-order valence-electron chi connectivity index (χ3n) is 3.23. The van der Waals surface area contributed by atoms with Crippen molar-refractivity contribution in [2.24, 2.45) is 0 Å². The Balaban J connectivity index is 1.92. The fraction of sp³-hybridized carbons (Fsp3) is 0. The number of aromatic nitrogens is 3. The first-order valence-corrected chi connectivity index (χ1v) is 6.32. The van der Waals surface area contributed by atoms with Crippen LogP contribution in [0.3, 0.4) is 0 Å². The maximum absolute atomic E-state index is 11.1. The number of H-pyrrole nitrogens is 1. The molecule has 6 heteroatoms. The third kappa shape index (κ3) is 1.93. The van der Waals surface area contributed by atoms with E-state index in [1.54, 1.807) is 6.07 Å². The maximum atomic E-state index is 11.1. The number of hydrogen-bond acceptors (Lipinski definition) is 5. The van der Waals surface area contributed by atoms with E-state index < -0.39 is 5.76 Å². The maximum Gasteiger partial charge on any atom is 0.439 e. The SMILES string of the molecule is O=c1[nH]c(-c2ccc3noc(-c4ccccc4)c3c2)no1. The van der Waals surface area contributed by atoms with Gasteiger partial charge in [0.15, 0.2) is 11.6 Å². The molecule has 0 aliphatic carbocycles. The summed E-state index contributed by atoms with van der Waals surface area (Å²) < 4.78 is 9.96. The largest absolute Gasteiger partial charge is 0.439 e. The van der Waals surface area contributed by atoms with E-state index in [9.17, 15) is 4.79 Å². The molecule has 0 aliphatic heterocycles. The quantitative estimate of drug-likeness (QED) is 0.609. The Labute approximate surface area is 118 Å². The molecule has 0 atom stereocenters. The molecular formula is C15H9N3O3. The molecule has 0 spiro atoms. The van der Waals surface area contributed by atoms with Crippen molar-refractivity contribution in [3.8, 4) is 22.7 Å². The Bertz CT molecular complexity index is 966. The van der Waals surface area contributed by atoms with Crippen LogP contribution in [0.15, 0.2) is 62.4 Å². The van der Waals surface area contributed by atoms with E-state index in [-0.39, 0.29) is 0 Å². The average Bonchev–Trinajstić information content (AvgIpc) is 3.13. The Morgan fingerprint density at radius 2 is 1.76 bits per heavy atom. The minimum atomic E-state index is -0.585. The van der Waals surface area contributed by atoms with Crippen LogP contribution < -0.4 is 5.76 Å². The van der Waals surface area contributed by atoms with Gasteiger partial charge >= 0.3 is 5.76 Å². The van der Waals surface area contributed by atoms with Crippen LogP contribution in [0.4, 0.5) is 0 Å². The van der Waals surface area contributed by atoms with E-state index in [0.29, 0.717) is 11.6 Å². The molecular weight excluding hydrogens is 270 g/mol. The lowest BCUT2D eigenvalue weighted by Gasteiger charge is -1.97. The van der Waals surface area contributed by atoms with E-state index in [1.165, 1.54) is 0 Å². The van der Waals surface area contributed by atoms with Gasteiger partial charge in [0.1, 0.15) is 5.52 Å². The molecule has 0 bridgehead atoms. The molecule has 0 unspecified atom stereocenters. The van der Waals surface area contributed by atoms with E-state index in [4.69, 9.17) is 4.52 Å². The van der Waals surface area contributed by atoms with Crippen LogP contribution in [0.5, 0.6) is 0 Å². The van der Waals surface area contributed by atoms with E-state index in [2.05, 4.69) is 19.8 Å². The molecule has 1 N–H and O–H groups in total. The minimum Gasteiger partial charge on any atom is -0.355 e. The predicted molar refractivity (Wildman–Crippen MR) is 75.6 cm³/mol. The highest BCUT2D eigenvalue weighted by Gasteiger charge is 2.13. The molecule has 6 nitrogen and oxygen atoms in total. The number of hydrogen-bond donors (Lipinski definition) is 1. The average molecular weight is 279 g/mol. The minimum absolute atomic E-state index is 0.377. The van der Waals surface area contributed by atoms with Crippen LogP contribution in [-0.4, -0.2) is 15.3 Å². The number of nitrogens with zero attached hydrogens (tertiary/aromatic N) is 2. The zero-order valence-corrected chi connectivity index (χ0v) is 10.7. The summed E-state index contributed by atoms with van der Waals surface area (Å²) in [6, 6.07) is 15.2. The first kappa shape index (κ1) is 11.7. The summed E-state index contributed by atoms with van der Waals surface area (Å²) in [6.07, 6.45) is 0. The topological polar surface area (TPSA) is 84.9 Å². The summed E-state index contributed by atoms with van der Waals surface area (Å²) in [4.78, 5) is 13.6. The van der Waals surface area contributed by atoms with Gasteiger partial charge in [-0.1, -0.05) is 40.6 Å². The molecule has 4 rings (SSSR count). The summed E-state index contributed by atoms with van der Waals surface area (Å²) >= 11 is 0. The Hall–Kier alpha value is -3.15. The van der Waals surface area contributed by atoms with Gasteiger partial charge in [0.05, 0.1) is 5.39 Å². The second-order valence-electron chi connectivity index (χ2n) is 4.55. The van der Waals surface area contributed by atoms with Crippen molar-refractivity contribution in [3.05, 3.63) is 59.1 Å². The van der Waals surface area contributed by atoms with Crippen molar-refractivity contribution in [3.63, 3.8) is 0 Å². The summed E-state index contributed by atoms with van der Waals surface area (Å²) in [5.74, 6) is 0.471. The van der Waals surface area contributed by atoms with Crippen molar-refractivity contribution in [2.45, 2.75) is 0 Å². The van der Waals surface area contributed by atoms with Crippen molar-refractivity contribution < 1.29 is 9.05 Å². The Morgan fingerprint density at radius 3 is 2.52 bits per heavy atom. The fourth-order valence-electron chi connectivity index (χ4n) is 2.24. The van der Waals surface area contributed by atoms with Gasteiger partial charge in [0, 0.05) is 11.1 Å². The van der Waals surface area contributed by atoms with Gasteiger partial charge in [0.25, 0.3) is 0 Å². The zero-order chi connectivity index (χ0) is 14.2. The second kappa shape index (κ2) is 4.45. The molecule has 0 aliphatic rings. The van der Waals surface area contributed by atoms with Crippen LogP contribution >= 0.6 is 0 Å². The molecule has 21 heavy (non-hydrogen) atoms. The number of aromatic amines is 1. The molecule has 4 aromatic rings. The first-order valence-electron chi connectivity index (χ1n) is 6.32. The van der Waals surface area contributed by atoms with Crippen molar-refractivity contribution in [1.82, 2.24) is 15.3 Å². The lowest BCUT2D eigenvalue weighted by atomic mass is 10.1. The molecule has 2 heterocycles. The summed E-state index contributed by atoms with van der Waals surface area (Å²) in [6.45, 7) is 0. The van der Waals surface area contributed by atoms with Gasteiger partial charge in [-0.2, -0.15) is 0 Å². The number of nitrogens with one attached hydrogen (secondary N) is 1. The second-order valence-corrected chi connectivity index (χ2v) is 4.55. The highest BCUT2D eigenvalue weighted by molar-refractivity contribution is 5.93. The van der Waals surface area contributed by atoms with E-state index in [0.717, 1.165) is 22.0 Å². The summed E-state index contributed by atoms with van der Waals surface area (Å²) in [7, 11) is 0. The molecule has 2 aromatic carbocycles. The van der Waals surface area contributed by atoms with Gasteiger partial charge in [-0.05, 0) is 18.2 Å². The summed E-state index contributed by atoms with van der Waals surface area (Å²) in [5.41, 5.74) is 2.41. The zero-order valence-electron chi connectivity index (χ0n) is 10.7. The van der Waals surface area contributed by atoms with E-state index in [1.807, 2.05) is 42.5 Å². The van der Waals surface area contributed by atoms with Gasteiger partial charge in [-0.3, -0.25) is 9.51 Å². The Morgan fingerprint density at radius 1 is 0.905 bits per heavy atom. The van der Waals surface area contributed by atoms with Crippen LogP contribution in [0.25, 0.3) is 33.6 Å². The molecule has 0 amide bonds. The van der Waals surface area contributed by atoms with Crippen LogP contribution in [0.2, 0.25) is 0 Å². The normalized spacial score (nSPS) is 11.0. The number of fused-ring (bicyclic) bond motifs is 1. The van der Waals surface area contributed by atoms with Crippen molar-refractivity contribution in [2.75, 3.05) is 0 Å². The molecule has 0 saturated carbocycles. The Kier molecular flexibility index (Phi) is 2.47. The van der Waals surface area contributed by atoms with Gasteiger partial charge in [-0.15, -0.1) is 0 Å². The monoisotopic (exact) mass is 279 g/mol. The number of benzene rings is 2. The lowest BCUT2D eigenvalue weighted by molar-refractivity contribution is 0.388. The molecule has 2 aromatic heterocycles. The highest BCUT2D eigenvalue weighted by Crippen LogP contribution is 2.30. The van der Waals surface area contributed by atoms with E-state index >= 15 is 0 Å². The molecule has 102 valence electrons. The van der Waals surface area contributed by atoms with Gasteiger partial charge < -0.3 is 4.52 Å². The molecule has 0 fully saturated rings. The highest BCUT2D eigenvalue weighted by atomic mass is 16.5. The van der Waals surface area contributed by atoms with Crippen molar-refractivity contribution >= 4 is 10.9 Å². The predicted octanol–water partition coefficient (Wildman–Crippen LogP) is 2.84. The molecule has 0 radical (unpaired) electrons.